The van der Waals surface area contributed by atoms with Crippen LogP contribution in [0.2, 0.25) is 0 Å². The Morgan fingerprint density at radius 1 is 1.23 bits per heavy atom. The second-order valence-electron chi connectivity index (χ2n) is 2.76. The summed E-state index contributed by atoms with van der Waals surface area (Å²) in [6.45, 7) is 0. The standard InChI is InChI=1S/C7H12N6/c1-13(7-9-11-12-10-7)6-2-4-8-5-3-6/h2-5,7,9-12H,1H3. The first kappa shape index (κ1) is 8.39. The van der Waals surface area contributed by atoms with Gasteiger partial charge in [-0.15, -0.1) is 0 Å². The maximum Gasteiger partial charge on any atom is 0.162 e. The molecule has 0 atom stereocenters. The van der Waals surface area contributed by atoms with Crippen LogP contribution in [0.3, 0.4) is 0 Å². The predicted molar refractivity (Wildman–Crippen MR) is 49.0 cm³/mol. The fraction of sp³-hybridized carbons (Fsp3) is 0.286. The lowest BCUT2D eigenvalue weighted by atomic mass is 10.4. The summed E-state index contributed by atoms with van der Waals surface area (Å²) in [6.07, 6.45) is 3.56. The summed E-state index contributed by atoms with van der Waals surface area (Å²) in [7, 11) is 1.98. The highest BCUT2D eigenvalue weighted by Crippen LogP contribution is 2.10. The van der Waals surface area contributed by atoms with Crippen molar-refractivity contribution in [2.75, 3.05) is 11.9 Å². The molecular weight excluding hydrogens is 168 g/mol. The summed E-state index contributed by atoms with van der Waals surface area (Å²) in [4.78, 5) is 5.99. The van der Waals surface area contributed by atoms with Crippen LogP contribution in [0.1, 0.15) is 0 Å². The molecule has 0 aliphatic carbocycles. The Kier molecular flexibility index (Phi) is 2.37. The maximum absolute atomic E-state index is 3.96. The van der Waals surface area contributed by atoms with Gasteiger partial charge >= 0.3 is 0 Å². The highest BCUT2D eigenvalue weighted by molar-refractivity contribution is 5.44. The second-order valence-corrected chi connectivity index (χ2v) is 2.76. The summed E-state index contributed by atoms with van der Waals surface area (Å²) < 4.78 is 0. The van der Waals surface area contributed by atoms with E-state index in [0.717, 1.165) is 5.69 Å². The van der Waals surface area contributed by atoms with Gasteiger partial charge in [-0.05, 0) is 12.1 Å². The molecule has 0 unspecified atom stereocenters. The molecule has 0 spiro atoms. The van der Waals surface area contributed by atoms with E-state index in [9.17, 15) is 0 Å². The number of hydrogen-bond acceptors (Lipinski definition) is 6. The molecule has 1 aliphatic rings. The van der Waals surface area contributed by atoms with Crippen LogP contribution >= 0.6 is 0 Å². The summed E-state index contributed by atoms with van der Waals surface area (Å²) >= 11 is 0. The van der Waals surface area contributed by atoms with Gasteiger partial charge in [0.2, 0.25) is 0 Å². The maximum atomic E-state index is 3.96. The number of hydrazine groups is 3. The molecule has 0 bridgehead atoms. The number of hydrogen-bond donors (Lipinski definition) is 4. The van der Waals surface area contributed by atoms with Crippen molar-refractivity contribution in [3.63, 3.8) is 0 Å². The molecule has 0 aromatic carbocycles. The third-order valence-electron chi connectivity index (χ3n) is 1.94. The lowest BCUT2D eigenvalue weighted by Crippen LogP contribution is -2.48. The molecule has 0 saturated carbocycles. The van der Waals surface area contributed by atoms with Crippen LogP contribution in [0.25, 0.3) is 0 Å². The van der Waals surface area contributed by atoms with Gasteiger partial charge in [-0.2, -0.15) is 11.1 Å². The Morgan fingerprint density at radius 3 is 2.46 bits per heavy atom. The topological polar surface area (TPSA) is 64.2 Å². The minimum absolute atomic E-state index is 0.0300. The average molecular weight is 180 g/mol. The second kappa shape index (κ2) is 3.67. The van der Waals surface area contributed by atoms with E-state index in [2.05, 4.69) is 26.9 Å². The minimum Gasteiger partial charge on any atom is -0.345 e. The van der Waals surface area contributed by atoms with Crippen molar-refractivity contribution in [2.45, 2.75) is 6.29 Å². The van der Waals surface area contributed by atoms with Crippen LogP contribution in [0.15, 0.2) is 24.5 Å². The van der Waals surface area contributed by atoms with Gasteiger partial charge in [0, 0.05) is 25.1 Å². The van der Waals surface area contributed by atoms with Gasteiger partial charge in [0.15, 0.2) is 6.29 Å². The fourth-order valence-corrected chi connectivity index (χ4v) is 1.17. The molecule has 6 heteroatoms. The first-order valence-electron chi connectivity index (χ1n) is 4.02. The van der Waals surface area contributed by atoms with Crippen LogP contribution in [-0.2, 0) is 0 Å². The van der Waals surface area contributed by atoms with E-state index < -0.39 is 0 Å². The third kappa shape index (κ3) is 1.76. The molecule has 1 aliphatic heterocycles. The van der Waals surface area contributed by atoms with Crippen molar-refractivity contribution in [3.8, 4) is 0 Å². The van der Waals surface area contributed by atoms with Gasteiger partial charge in [-0.3, -0.25) is 4.98 Å². The number of rotatable bonds is 2. The summed E-state index contributed by atoms with van der Waals surface area (Å²) in [6, 6.07) is 3.89. The van der Waals surface area contributed by atoms with E-state index in [1.54, 1.807) is 12.4 Å². The lowest BCUT2D eigenvalue weighted by Gasteiger charge is -2.24. The normalized spacial score (nSPS) is 17.6. The third-order valence-corrected chi connectivity index (χ3v) is 1.94. The number of anilines is 1. The Balaban J connectivity index is 2.08. The van der Waals surface area contributed by atoms with E-state index >= 15 is 0 Å². The van der Waals surface area contributed by atoms with Gasteiger partial charge in [0.1, 0.15) is 0 Å². The zero-order valence-corrected chi connectivity index (χ0v) is 7.28. The van der Waals surface area contributed by atoms with Crippen LogP contribution in [0, 0.1) is 0 Å². The highest BCUT2D eigenvalue weighted by Gasteiger charge is 2.17. The van der Waals surface area contributed by atoms with Crippen molar-refractivity contribution in [1.82, 2.24) is 26.9 Å². The quantitative estimate of drug-likeness (QED) is 0.464. The van der Waals surface area contributed by atoms with E-state index in [1.807, 2.05) is 24.1 Å². The van der Waals surface area contributed by atoms with Crippen LogP contribution < -0.4 is 26.8 Å². The fourth-order valence-electron chi connectivity index (χ4n) is 1.17. The molecule has 4 N–H and O–H groups in total. The van der Waals surface area contributed by atoms with E-state index in [-0.39, 0.29) is 6.29 Å². The SMILES string of the molecule is CN(c1ccncc1)C1NNNN1. The molecule has 1 aromatic rings. The monoisotopic (exact) mass is 180 g/mol. The summed E-state index contributed by atoms with van der Waals surface area (Å²) in [5.74, 6) is 0. The molecule has 70 valence electrons. The molecule has 6 nitrogen and oxygen atoms in total. The zero-order valence-electron chi connectivity index (χ0n) is 7.28. The van der Waals surface area contributed by atoms with Crippen molar-refractivity contribution in [2.24, 2.45) is 0 Å². The van der Waals surface area contributed by atoms with Crippen LogP contribution in [0.4, 0.5) is 5.69 Å². The molecule has 13 heavy (non-hydrogen) atoms. The molecule has 0 radical (unpaired) electrons. The average Bonchev–Trinajstić information content (AvgIpc) is 2.71. The molecule has 0 amide bonds. The Hall–Kier alpha value is -1.21. The molecule has 2 heterocycles. The Labute approximate surface area is 76.2 Å². The predicted octanol–water partition coefficient (Wildman–Crippen LogP) is -1.08. The van der Waals surface area contributed by atoms with Gasteiger partial charge in [0.25, 0.3) is 0 Å². The van der Waals surface area contributed by atoms with Gasteiger partial charge < -0.3 is 4.90 Å². The first-order valence-corrected chi connectivity index (χ1v) is 4.02. The van der Waals surface area contributed by atoms with E-state index in [0.29, 0.717) is 0 Å². The molecular formula is C7H12N6. The van der Waals surface area contributed by atoms with E-state index in [1.165, 1.54) is 0 Å². The number of aromatic nitrogens is 1. The number of pyridine rings is 1. The molecule has 2 rings (SSSR count). The van der Waals surface area contributed by atoms with E-state index in [4.69, 9.17) is 0 Å². The lowest BCUT2D eigenvalue weighted by molar-refractivity contribution is 0.516. The van der Waals surface area contributed by atoms with Crippen molar-refractivity contribution in [1.29, 1.82) is 0 Å². The van der Waals surface area contributed by atoms with Gasteiger partial charge in [0.05, 0.1) is 0 Å². The number of nitrogens with zero attached hydrogens (tertiary/aromatic N) is 2. The summed E-state index contributed by atoms with van der Waals surface area (Å²) in [5, 5.41) is 0. The Morgan fingerprint density at radius 2 is 1.85 bits per heavy atom. The first-order chi connectivity index (χ1) is 6.38. The van der Waals surface area contributed by atoms with Gasteiger partial charge in [-0.1, -0.05) is 0 Å². The minimum atomic E-state index is 0.0300. The number of nitrogens with one attached hydrogen (secondary N) is 4. The highest BCUT2D eigenvalue weighted by atomic mass is 15.9. The van der Waals surface area contributed by atoms with Crippen LogP contribution in [-0.4, -0.2) is 18.3 Å². The van der Waals surface area contributed by atoms with Gasteiger partial charge in [-0.25, -0.2) is 10.9 Å². The molecule has 1 fully saturated rings. The summed E-state index contributed by atoms with van der Waals surface area (Å²) in [5.41, 5.74) is 12.6. The van der Waals surface area contributed by atoms with Crippen LogP contribution in [0.5, 0.6) is 0 Å². The van der Waals surface area contributed by atoms with Crippen molar-refractivity contribution >= 4 is 5.69 Å². The van der Waals surface area contributed by atoms with Crippen molar-refractivity contribution < 1.29 is 0 Å². The Bertz CT molecular complexity index is 257. The smallest absolute Gasteiger partial charge is 0.162 e. The van der Waals surface area contributed by atoms with Crippen molar-refractivity contribution in [3.05, 3.63) is 24.5 Å². The molecule has 1 saturated heterocycles. The molecule has 1 aromatic heterocycles. The zero-order chi connectivity index (χ0) is 9.10. The largest absolute Gasteiger partial charge is 0.345 e.